The fourth-order valence-corrected chi connectivity index (χ4v) is 6.65. The molecule has 45 heavy (non-hydrogen) atoms. The number of anilines is 1. The minimum atomic E-state index is -4.03. The third kappa shape index (κ3) is 7.25. The average molecular weight is 650 g/mol. The molecule has 0 bridgehead atoms. The molecule has 2 heterocycles. The molecule has 5 rings (SSSR count). The highest BCUT2D eigenvalue weighted by Gasteiger charge is 2.28. The van der Waals surface area contributed by atoms with Crippen molar-refractivity contribution >= 4 is 61.9 Å². The first-order valence-corrected chi connectivity index (χ1v) is 15.6. The maximum atomic E-state index is 14.3. The molecule has 0 amide bonds. The van der Waals surface area contributed by atoms with Gasteiger partial charge in [0.1, 0.15) is 23.1 Å². The van der Waals surface area contributed by atoms with Crippen LogP contribution in [0.25, 0.3) is 21.9 Å². The number of pyridine rings is 1. The number of fused-ring (bicyclic) bond motifs is 2. The highest BCUT2D eigenvalue weighted by Crippen LogP contribution is 2.31. The highest BCUT2D eigenvalue weighted by atomic mass is 35.5. The van der Waals surface area contributed by atoms with E-state index in [9.17, 15) is 13.2 Å². The van der Waals surface area contributed by atoms with Gasteiger partial charge in [-0.3, -0.25) is 19.5 Å². The summed E-state index contributed by atoms with van der Waals surface area (Å²) in [5, 5.41) is 8.39. The average Bonchev–Trinajstić information content (AvgIpc) is 3.32. The van der Waals surface area contributed by atoms with Crippen molar-refractivity contribution in [2.24, 2.45) is 5.73 Å². The number of hydrogen-bond donors (Lipinski definition) is 2. The third-order valence-electron chi connectivity index (χ3n) is 7.23. The summed E-state index contributed by atoms with van der Waals surface area (Å²) in [6.07, 6.45) is 1.98. The third-order valence-corrected chi connectivity index (χ3v) is 9.09. The second kappa shape index (κ2) is 14.1. The lowest BCUT2D eigenvalue weighted by Gasteiger charge is -2.26. The Hall–Kier alpha value is -4.52. The second-order valence-corrected chi connectivity index (χ2v) is 12.4. The molecule has 0 fully saturated rings. The lowest BCUT2D eigenvalue weighted by atomic mass is 10.1. The molecule has 0 radical (unpaired) electrons. The highest BCUT2D eigenvalue weighted by molar-refractivity contribution is 7.93. The summed E-state index contributed by atoms with van der Waals surface area (Å²) >= 11 is 0. The van der Waals surface area contributed by atoms with Gasteiger partial charge in [-0.2, -0.15) is 0 Å². The topological polar surface area (TPSA) is 148 Å². The molecule has 11 nitrogen and oxygen atoms in total. The van der Waals surface area contributed by atoms with Crippen LogP contribution in [-0.2, 0) is 32.5 Å². The van der Waals surface area contributed by atoms with Crippen LogP contribution in [0, 0.1) is 5.41 Å². The van der Waals surface area contributed by atoms with Crippen molar-refractivity contribution in [1.82, 2.24) is 19.4 Å². The van der Waals surface area contributed by atoms with Crippen molar-refractivity contribution in [3.63, 3.8) is 0 Å². The van der Waals surface area contributed by atoms with Crippen LogP contribution < -0.4 is 10.0 Å². The zero-order chi connectivity index (χ0) is 31.4. The molecular formula is C32H36ClN7O4S. The minimum Gasteiger partial charge on any atom is -0.465 e. The number of hydrogen-bond acceptors (Lipinski definition) is 8. The van der Waals surface area contributed by atoms with Crippen molar-refractivity contribution in [2.45, 2.75) is 24.8 Å². The summed E-state index contributed by atoms with van der Waals surface area (Å²) in [4.78, 5) is 23.9. The van der Waals surface area contributed by atoms with Gasteiger partial charge in [0.2, 0.25) is 0 Å². The Kier molecular flexibility index (Phi) is 10.4. The molecular weight excluding hydrogens is 614 g/mol. The van der Waals surface area contributed by atoms with Crippen LogP contribution in [-0.4, -0.2) is 73.4 Å². The van der Waals surface area contributed by atoms with Crippen LogP contribution in [0.5, 0.6) is 0 Å². The summed E-state index contributed by atoms with van der Waals surface area (Å²) in [5.41, 5.74) is 9.20. The van der Waals surface area contributed by atoms with Gasteiger partial charge in [-0.25, -0.2) is 13.4 Å². The molecule has 5 aromatic rings. The molecule has 0 unspecified atom stereocenters. The van der Waals surface area contributed by atoms with E-state index in [2.05, 4.69) is 4.98 Å². The molecule has 3 N–H and O–H groups in total. The number of esters is 1. The lowest BCUT2D eigenvalue weighted by Crippen LogP contribution is -2.37. The van der Waals surface area contributed by atoms with Crippen LogP contribution >= 0.6 is 12.4 Å². The van der Waals surface area contributed by atoms with Gasteiger partial charge >= 0.3 is 5.97 Å². The van der Waals surface area contributed by atoms with Crippen LogP contribution in [0.3, 0.4) is 0 Å². The number of para-hydroxylation sites is 1. The number of nitrogen functional groups attached to an aromatic ring is 1. The monoisotopic (exact) mass is 649 g/mol. The smallest absolute Gasteiger partial charge is 0.326 e. The van der Waals surface area contributed by atoms with Crippen molar-refractivity contribution in [1.29, 1.82) is 5.41 Å². The van der Waals surface area contributed by atoms with Gasteiger partial charge < -0.3 is 19.9 Å². The molecule has 13 heteroatoms. The minimum absolute atomic E-state index is 0. The van der Waals surface area contributed by atoms with Gasteiger partial charge in [0, 0.05) is 36.7 Å². The van der Waals surface area contributed by atoms with Gasteiger partial charge in [0.25, 0.3) is 10.0 Å². The predicted molar refractivity (Wildman–Crippen MR) is 179 cm³/mol. The number of carbonyl (C=O) groups is 1. The quantitative estimate of drug-likeness (QED) is 0.116. The Morgan fingerprint density at radius 3 is 2.44 bits per heavy atom. The number of imidazole rings is 1. The van der Waals surface area contributed by atoms with E-state index in [1.165, 1.54) is 4.31 Å². The number of nitrogens with zero attached hydrogens (tertiary/aromatic N) is 5. The number of carbonyl (C=O) groups excluding carboxylic acids is 1. The Morgan fingerprint density at radius 2 is 1.76 bits per heavy atom. The van der Waals surface area contributed by atoms with Crippen molar-refractivity contribution in [2.75, 3.05) is 38.1 Å². The van der Waals surface area contributed by atoms with E-state index >= 15 is 0 Å². The maximum Gasteiger partial charge on any atom is 0.326 e. The number of likely N-dealkylation sites (N-methyl/N-ethyl adjacent to an activating group) is 1. The van der Waals surface area contributed by atoms with Gasteiger partial charge in [0.05, 0.1) is 28.8 Å². The van der Waals surface area contributed by atoms with Crippen molar-refractivity contribution < 1.29 is 17.9 Å². The number of ether oxygens (including phenoxy) is 1. The molecule has 0 aliphatic heterocycles. The zero-order valence-electron chi connectivity index (χ0n) is 25.3. The van der Waals surface area contributed by atoms with E-state index in [0.717, 1.165) is 10.9 Å². The Bertz CT molecular complexity index is 1940. The first-order chi connectivity index (χ1) is 21.1. The number of sulfonamides is 1. The van der Waals surface area contributed by atoms with Gasteiger partial charge in [-0.15, -0.1) is 12.4 Å². The van der Waals surface area contributed by atoms with E-state index in [0.29, 0.717) is 46.6 Å². The van der Waals surface area contributed by atoms with E-state index < -0.39 is 16.0 Å². The molecule has 236 valence electrons. The second-order valence-electron chi connectivity index (χ2n) is 10.6. The molecule has 0 saturated carbocycles. The maximum absolute atomic E-state index is 14.3. The van der Waals surface area contributed by atoms with E-state index in [-0.39, 0.29) is 42.8 Å². The summed E-state index contributed by atoms with van der Waals surface area (Å²) in [7, 11) is -0.249. The molecule has 0 spiro atoms. The number of nitrogens with two attached hydrogens (primary N) is 1. The fourth-order valence-electron chi connectivity index (χ4n) is 5.04. The van der Waals surface area contributed by atoms with E-state index in [4.69, 9.17) is 20.9 Å². The Morgan fingerprint density at radius 1 is 1.02 bits per heavy atom. The summed E-state index contributed by atoms with van der Waals surface area (Å²) in [6, 6.07) is 21.3. The zero-order valence-corrected chi connectivity index (χ0v) is 26.9. The molecule has 2 aromatic heterocycles. The molecule has 0 aliphatic rings. The van der Waals surface area contributed by atoms with Crippen LogP contribution in [0.2, 0.25) is 0 Å². The number of aromatic nitrogens is 3. The standard InChI is InChI=1S/C32H35N7O4S.ClH/c1-4-43-30(40)21-38-27-15-14-25(20-26(27)36-29(38)19-22-10-12-24(13-11-22)32(33)34)39(18-17-37(2)3)44(41,42)28-9-5-7-23-8-6-16-35-31(23)28;/h5-16,20H,4,17-19,21H2,1-3H3,(H3,33,34);1H. The lowest BCUT2D eigenvalue weighted by molar-refractivity contribution is -0.143. The van der Waals surface area contributed by atoms with Crippen molar-refractivity contribution in [3.8, 4) is 0 Å². The molecule has 0 saturated heterocycles. The van der Waals surface area contributed by atoms with Crippen LogP contribution in [0.1, 0.15) is 23.9 Å². The Balaban J connectivity index is 0.00000461. The van der Waals surface area contributed by atoms with E-state index in [1.54, 1.807) is 66.2 Å². The SMILES string of the molecule is CCOC(=O)Cn1c(Cc2ccc(C(=N)N)cc2)nc2cc(N(CCN(C)C)S(=O)(=O)c3cccc4cccnc34)ccc21.Cl. The first-order valence-electron chi connectivity index (χ1n) is 14.2. The number of rotatable bonds is 12. The summed E-state index contributed by atoms with van der Waals surface area (Å²) in [6.45, 7) is 2.63. The molecule has 0 aliphatic carbocycles. The molecule has 0 atom stereocenters. The molecule has 3 aromatic carbocycles. The normalized spacial score (nSPS) is 11.5. The fraction of sp³-hybridized carbons (Fsp3) is 0.250. The largest absolute Gasteiger partial charge is 0.465 e. The Labute approximate surface area is 268 Å². The van der Waals surface area contributed by atoms with Crippen molar-refractivity contribution in [3.05, 3.63) is 95.9 Å². The van der Waals surface area contributed by atoms with Gasteiger partial charge in [0.15, 0.2) is 0 Å². The van der Waals surface area contributed by atoms with E-state index in [1.807, 2.05) is 43.3 Å². The number of benzene rings is 3. The predicted octanol–water partition coefficient (Wildman–Crippen LogP) is 4.20. The number of amidine groups is 1. The van der Waals surface area contributed by atoms with Gasteiger partial charge in [-0.1, -0.05) is 42.5 Å². The van der Waals surface area contributed by atoms with Crippen LogP contribution in [0.4, 0.5) is 5.69 Å². The van der Waals surface area contributed by atoms with Crippen LogP contribution in [0.15, 0.2) is 83.9 Å². The summed E-state index contributed by atoms with van der Waals surface area (Å²) in [5.74, 6) is 0.191. The number of nitrogens with one attached hydrogen (secondary N) is 1. The van der Waals surface area contributed by atoms with Gasteiger partial charge in [-0.05, 0) is 56.9 Å². The first kappa shape index (κ1) is 33.4. The number of halogens is 1. The summed E-state index contributed by atoms with van der Waals surface area (Å²) < 4.78 is 36.9.